The Morgan fingerprint density at radius 3 is 2.64 bits per heavy atom. The van der Waals surface area contributed by atoms with Crippen LogP contribution in [-0.4, -0.2) is 44.5 Å². The van der Waals surface area contributed by atoms with Crippen LogP contribution in [0.3, 0.4) is 0 Å². The largest absolute Gasteiger partial charge is 0.313 e. The molecule has 0 spiro atoms. The molecule has 1 rings (SSSR count). The lowest BCUT2D eigenvalue weighted by Crippen LogP contribution is -2.31. The fourth-order valence-electron chi connectivity index (χ4n) is 1.79. The van der Waals surface area contributed by atoms with Gasteiger partial charge in [0.2, 0.25) is 0 Å². The lowest BCUT2D eigenvalue weighted by molar-refractivity contribution is 0.538. The maximum atomic E-state index is 10.9. The SMILES string of the molecule is CSC1CCC(NCCS(C)(=O)=O)C1. The average molecular weight is 237 g/mol. The van der Waals surface area contributed by atoms with Gasteiger partial charge in [-0.2, -0.15) is 11.8 Å². The lowest BCUT2D eigenvalue weighted by Gasteiger charge is -2.11. The van der Waals surface area contributed by atoms with Crippen molar-refractivity contribution < 1.29 is 8.42 Å². The van der Waals surface area contributed by atoms with Gasteiger partial charge in [-0.05, 0) is 25.5 Å². The summed E-state index contributed by atoms with van der Waals surface area (Å²) in [6.07, 6.45) is 7.06. The first-order valence-corrected chi connectivity index (χ1v) is 8.30. The molecule has 5 heteroatoms. The van der Waals surface area contributed by atoms with Crippen LogP contribution in [0.15, 0.2) is 0 Å². The summed E-state index contributed by atoms with van der Waals surface area (Å²) in [7, 11) is -2.80. The van der Waals surface area contributed by atoms with E-state index >= 15 is 0 Å². The molecule has 1 aliphatic carbocycles. The van der Waals surface area contributed by atoms with E-state index in [-0.39, 0.29) is 5.75 Å². The van der Waals surface area contributed by atoms with Gasteiger partial charge in [0.05, 0.1) is 5.75 Å². The van der Waals surface area contributed by atoms with Crippen molar-refractivity contribution in [2.75, 3.05) is 24.8 Å². The summed E-state index contributed by atoms with van der Waals surface area (Å²) in [5.74, 6) is 0.257. The van der Waals surface area contributed by atoms with E-state index in [1.165, 1.54) is 25.5 Å². The van der Waals surface area contributed by atoms with Crippen LogP contribution >= 0.6 is 11.8 Å². The number of hydrogen-bond acceptors (Lipinski definition) is 4. The van der Waals surface area contributed by atoms with Gasteiger partial charge in [-0.3, -0.25) is 0 Å². The zero-order chi connectivity index (χ0) is 10.6. The zero-order valence-electron chi connectivity index (χ0n) is 8.82. The maximum absolute atomic E-state index is 10.9. The Kier molecular flexibility index (Phi) is 4.73. The molecule has 1 fully saturated rings. The van der Waals surface area contributed by atoms with Crippen molar-refractivity contribution in [2.24, 2.45) is 0 Å². The van der Waals surface area contributed by atoms with Crippen molar-refractivity contribution >= 4 is 21.6 Å². The van der Waals surface area contributed by atoms with E-state index in [0.717, 1.165) is 5.25 Å². The molecule has 0 aromatic carbocycles. The van der Waals surface area contributed by atoms with Gasteiger partial charge in [0, 0.05) is 24.1 Å². The van der Waals surface area contributed by atoms with Gasteiger partial charge in [-0.25, -0.2) is 8.42 Å². The van der Waals surface area contributed by atoms with Crippen LogP contribution in [0.2, 0.25) is 0 Å². The Hall–Kier alpha value is 0.260. The first-order chi connectivity index (χ1) is 6.51. The predicted octanol–water partition coefficient (Wildman–Crippen LogP) is 0.905. The van der Waals surface area contributed by atoms with Gasteiger partial charge < -0.3 is 5.32 Å². The molecule has 1 saturated carbocycles. The minimum atomic E-state index is -2.80. The Bertz CT molecular complexity index is 264. The van der Waals surface area contributed by atoms with Crippen LogP contribution in [0.1, 0.15) is 19.3 Å². The number of thioether (sulfide) groups is 1. The molecule has 0 bridgehead atoms. The quantitative estimate of drug-likeness (QED) is 0.772. The molecule has 0 saturated heterocycles. The van der Waals surface area contributed by atoms with E-state index < -0.39 is 9.84 Å². The van der Waals surface area contributed by atoms with E-state index in [9.17, 15) is 8.42 Å². The fourth-order valence-corrected chi connectivity index (χ4v) is 3.07. The number of rotatable bonds is 5. The Labute approximate surface area is 91.0 Å². The number of sulfone groups is 1. The fraction of sp³-hybridized carbons (Fsp3) is 1.00. The molecule has 0 heterocycles. The van der Waals surface area contributed by atoms with Crippen molar-refractivity contribution in [2.45, 2.75) is 30.6 Å². The normalized spacial score (nSPS) is 28.1. The summed E-state index contributed by atoms with van der Waals surface area (Å²) in [4.78, 5) is 0. The second kappa shape index (κ2) is 5.37. The van der Waals surface area contributed by atoms with Crippen LogP contribution in [0.5, 0.6) is 0 Å². The third-order valence-corrected chi connectivity index (χ3v) is 4.66. The minimum Gasteiger partial charge on any atom is -0.313 e. The summed E-state index contributed by atoms with van der Waals surface area (Å²) >= 11 is 1.92. The van der Waals surface area contributed by atoms with Crippen LogP contribution in [0, 0.1) is 0 Å². The molecule has 2 unspecified atom stereocenters. The molecule has 3 nitrogen and oxygen atoms in total. The van der Waals surface area contributed by atoms with E-state index in [1.54, 1.807) is 0 Å². The molecule has 2 atom stereocenters. The number of nitrogens with one attached hydrogen (secondary N) is 1. The van der Waals surface area contributed by atoms with Gasteiger partial charge >= 0.3 is 0 Å². The topological polar surface area (TPSA) is 46.2 Å². The van der Waals surface area contributed by atoms with Gasteiger partial charge in [0.25, 0.3) is 0 Å². The monoisotopic (exact) mass is 237 g/mol. The van der Waals surface area contributed by atoms with E-state index in [0.29, 0.717) is 12.6 Å². The minimum absolute atomic E-state index is 0.257. The third kappa shape index (κ3) is 4.66. The molecular weight excluding hydrogens is 218 g/mol. The maximum Gasteiger partial charge on any atom is 0.148 e. The van der Waals surface area contributed by atoms with Crippen molar-refractivity contribution in [1.82, 2.24) is 5.32 Å². The molecule has 14 heavy (non-hydrogen) atoms. The molecule has 0 radical (unpaired) electrons. The van der Waals surface area contributed by atoms with Gasteiger partial charge in [-0.1, -0.05) is 0 Å². The smallest absolute Gasteiger partial charge is 0.148 e. The van der Waals surface area contributed by atoms with Crippen molar-refractivity contribution in [1.29, 1.82) is 0 Å². The molecule has 0 aromatic rings. The molecule has 1 aliphatic rings. The Morgan fingerprint density at radius 2 is 2.14 bits per heavy atom. The molecule has 0 aromatic heterocycles. The van der Waals surface area contributed by atoms with Crippen LogP contribution in [-0.2, 0) is 9.84 Å². The molecule has 84 valence electrons. The second-order valence-electron chi connectivity index (χ2n) is 3.95. The lowest BCUT2D eigenvalue weighted by atomic mass is 10.2. The molecule has 1 N–H and O–H groups in total. The van der Waals surface area contributed by atoms with Crippen LogP contribution < -0.4 is 5.32 Å². The average Bonchev–Trinajstić information content (AvgIpc) is 2.50. The molecule has 0 aliphatic heterocycles. The number of hydrogen-bond donors (Lipinski definition) is 1. The van der Waals surface area contributed by atoms with Crippen molar-refractivity contribution in [3.63, 3.8) is 0 Å². The van der Waals surface area contributed by atoms with E-state index in [1.807, 2.05) is 11.8 Å². The highest BCUT2D eigenvalue weighted by molar-refractivity contribution is 7.99. The first-order valence-electron chi connectivity index (χ1n) is 4.95. The highest BCUT2D eigenvalue weighted by atomic mass is 32.2. The molecule has 0 amide bonds. The third-order valence-electron chi connectivity index (χ3n) is 2.62. The predicted molar refractivity (Wildman–Crippen MR) is 62.7 cm³/mol. The summed E-state index contributed by atoms with van der Waals surface area (Å²) in [5, 5.41) is 4.08. The summed E-state index contributed by atoms with van der Waals surface area (Å²) in [6, 6.07) is 0.536. The van der Waals surface area contributed by atoms with E-state index in [2.05, 4.69) is 11.6 Å². The van der Waals surface area contributed by atoms with Crippen molar-refractivity contribution in [3.05, 3.63) is 0 Å². The summed E-state index contributed by atoms with van der Waals surface area (Å²) in [5.41, 5.74) is 0. The highest BCUT2D eigenvalue weighted by Crippen LogP contribution is 2.27. The standard InChI is InChI=1S/C9H19NO2S2/c1-13-9-4-3-8(7-9)10-5-6-14(2,11)12/h8-10H,3-7H2,1-2H3. The highest BCUT2D eigenvalue weighted by Gasteiger charge is 2.23. The van der Waals surface area contributed by atoms with E-state index in [4.69, 9.17) is 0 Å². The summed E-state index contributed by atoms with van der Waals surface area (Å²) in [6.45, 7) is 0.602. The van der Waals surface area contributed by atoms with Gasteiger partial charge in [0.15, 0.2) is 0 Å². The van der Waals surface area contributed by atoms with Crippen LogP contribution in [0.4, 0.5) is 0 Å². The summed E-state index contributed by atoms with van der Waals surface area (Å²) < 4.78 is 21.8. The molecular formula is C9H19NO2S2. The zero-order valence-corrected chi connectivity index (χ0v) is 10.5. The van der Waals surface area contributed by atoms with Crippen molar-refractivity contribution in [3.8, 4) is 0 Å². The second-order valence-corrected chi connectivity index (χ2v) is 7.35. The Morgan fingerprint density at radius 1 is 1.43 bits per heavy atom. The van der Waals surface area contributed by atoms with Gasteiger partial charge in [-0.15, -0.1) is 0 Å². The first kappa shape index (κ1) is 12.3. The Balaban J connectivity index is 2.15. The van der Waals surface area contributed by atoms with Crippen LogP contribution in [0.25, 0.3) is 0 Å². The van der Waals surface area contributed by atoms with Gasteiger partial charge in [0.1, 0.15) is 9.84 Å².